The van der Waals surface area contributed by atoms with Crippen LogP contribution in [0.4, 0.5) is 13.2 Å². The molecule has 0 saturated heterocycles. The summed E-state index contributed by atoms with van der Waals surface area (Å²) < 4.78 is 37.8. The van der Waals surface area contributed by atoms with E-state index in [9.17, 15) is 18.0 Å². The predicted molar refractivity (Wildman–Crippen MR) is 73.2 cm³/mol. The third-order valence-corrected chi connectivity index (χ3v) is 3.31. The maximum Gasteiger partial charge on any atom is 0.416 e. The van der Waals surface area contributed by atoms with Gasteiger partial charge in [0.05, 0.1) is 12.0 Å². The van der Waals surface area contributed by atoms with Gasteiger partial charge in [0.1, 0.15) is 0 Å². The molecular weight excluding hydrogens is 279 g/mol. The normalized spacial score (nSPS) is 11.5. The van der Waals surface area contributed by atoms with Crippen molar-refractivity contribution in [1.29, 1.82) is 0 Å². The maximum absolute atomic E-state index is 12.6. The van der Waals surface area contributed by atoms with Crippen molar-refractivity contribution >= 4 is 5.78 Å². The van der Waals surface area contributed by atoms with Crippen LogP contribution < -0.4 is 0 Å². The number of Topliss-reactive ketones (excluding diaryl/α,β-unsaturated/α-hetero) is 1. The summed E-state index contributed by atoms with van der Waals surface area (Å²) in [4.78, 5) is 16.0. The van der Waals surface area contributed by atoms with Crippen molar-refractivity contribution in [1.82, 2.24) is 4.98 Å². The van der Waals surface area contributed by atoms with Gasteiger partial charge in [-0.25, -0.2) is 0 Å². The van der Waals surface area contributed by atoms with E-state index in [1.165, 1.54) is 0 Å². The highest BCUT2D eigenvalue weighted by atomic mass is 19.4. The number of rotatable bonds is 3. The third kappa shape index (κ3) is 3.68. The highest BCUT2D eigenvalue weighted by Gasteiger charge is 2.30. The van der Waals surface area contributed by atoms with Gasteiger partial charge >= 0.3 is 6.18 Å². The standard InChI is InChI=1S/C16H14F3NO/c1-10-3-4-12(7-11(10)2)15(21)9-14-8-13(5-6-20-14)16(17,18)19/h3-8H,9H2,1-2H3. The lowest BCUT2D eigenvalue weighted by Crippen LogP contribution is -2.09. The molecule has 0 aliphatic carbocycles. The molecule has 0 aliphatic heterocycles. The largest absolute Gasteiger partial charge is 0.416 e. The zero-order valence-corrected chi connectivity index (χ0v) is 11.7. The van der Waals surface area contributed by atoms with Gasteiger partial charge in [0.15, 0.2) is 5.78 Å². The molecule has 0 bridgehead atoms. The number of halogens is 3. The molecule has 0 N–H and O–H groups in total. The van der Waals surface area contributed by atoms with Crippen LogP contribution in [0.3, 0.4) is 0 Å². The molecular formula is C16H14F3NO. The molecule has 0 aliphatic rings. The van der Waals surface area contributed by atoms with Crippen LogP contribution in [-0.2, 0) is 12.6 Å². The second-order valence-corrected chi connectivity index (χ2v) is 4.93. The van der Waals surface area contributed by atoms with Crippen molar-refractivity contribution in [2.75, 3.05) is 0 Å². The van der Waals surface area contributed by atoms with Crippen molar-refractivity contribution in [2.24, 2.45) is 0 Å². The van der Waals surface area contributed by atoms with E-state index in [-0.39, 0.29) is 17.9 Å². The Hall–Kier alpha value is -2.17. The minimum atomic E-state index is -4.43. The number of carbonyl (C=O) groups excluding carboxylic acids is 1. The lowest BCUT2D eigenvalue weighted by molar-refractivity contribution is -0.137. The zero-order chi connectivity index (χ0) is 15.6. The maximum atomic E-state index is 12.6. The molecule has 1 aromatic heterocycles. The van der Waals surface area contributed by atoms with Crippen molar-refractivity contribution < 1.29 is 18.0 Å². The molecule has 0 saturated carbocycles. The van der Waals surface area contributed by atoms with Crippen LogP contribution in [0.5, 0.6) is 0 Å². The number of ketones is 1. The number of aryl methyl sites for hydroxylation is 2. The van der Waals surface area contributed by atoms with Gasteiger partial charge in [0, 0.05) is 17.5 Å². The Bertz CT molecular complexity index is 677. The van der Waals surface area contributed by atoms with E-state index in [2.05, 4.69) is 4.98 Å². The van der Waals surface area contributed by atoms with Gasteiger partial charge in [-0.05, 0) is 43.2 Å². The van der Waals surface area contributed by atoms with Gasteiger partial charge in [-0.2, -0.15) is 13.2 Å². The summed E-state index contributed by atoms with van der Waals surface area (Å²) >= 11 is 0. The van der Waals surface area contributed by atoms with Crippen LogP contribution in [0.15, 0.2) is 36.5 Å². The minimum Gasteiger partial charge on any atom is -0.294 e. The van der Waals surface area contributed by atoms with Gasteiger partial charge in [-0.3, -0.25) is 9.78 Å². The minimum absolute atomic E-state index is 0.119. The Morgan fingerprint density at radius 3 is 2.43 bits per heavy atom. The quantitative estimate of drug-likeness (QED) is 0.796. The first-order valence-corrected chi connectivity index (χ1v) is 6.40. The predicted octanol–water partition coefficient (Wildman–Crippen LogP) is 4.14. The number of benzene rings is 1. The average Bonchev–Trinajstić information content (AvgIpc) is 2.41. The number of hydrogen-bond acceptors (Lipinski definition) is 2. The van der Waals surface area contributed by atoms with Gasteiger partial charge in [-0.1, -0.05) is 12.1 Å². The Labute approximate surface area is 120 Å². The molecule has 2 rings (SSSR count). The summed E-state index contributed by atoms with van der Waals surface area (Å²) in [5.41, 5.74) is 1.84. The fraction of sp³-hybridized carbons (Fsp3) is 0.250. The van der Waals surface area contributed by atoms with Crippen LogP contribution in [0.25, 0.3) is 0 Å². The van der Waals surface area contributed by atoms with Crippen LogP contribution >= 0.6 is 0 Å². The number of hydrogen-bond donors (Lipinski definition) is 0. The van der Waals surface area contributed by atoms with E-state index in [0.29, 0.717) is 5.56 Å². The average molecular weight is 293 g/mol. The first-order valence-electron chi connectivity index (χ1n) is 6.40. The van der Waals surface area contributed by atoms with E-state index >= 15 is 0 Å². The number of nitrogens with zero attached hydrogens (tertiary/aromatic N) is 1. The monoisotopic (exact) mass is 293 g/mol. The Kier molecular flexibility index (Phi) is 4.11. The lowest BCUT2D eigenvalue weighted by atomic mass is 10.0. The van der Waals surface area contributed by atoms with Crippen molar-refractivity contribution in [2.45, 2.75) is 26.4 Å². The highest BCUT2D eigenvalue weighted by molar-refractivity contribution is 5.97. The molecule has 0 atom stereocenters. The van der Waals surface area contributed by atoms with E-state index in [4.69, 9.17) is 0 Å². The van der Waals surface area contributed by atoms with Gasteiger partial charge < -0.3 is 0 Å². The molecule has 0 fully saturated rings. The summed E-state index contributed by atoms with van der Waals surface area (Å²) in [6, 6.07) is 7.05. The first-order chi connectivity index (χ1) is 9.77. The van der Waals surface area contributed by atoms with E-state index in [1.54, 1.807) is 12.1 Å². The summed E-state index contributed by atoms with van der Waals surface area (Å²) in [6.45, 7) is 3.81. The van der Waals surface area contributed by atoms with Crippen molar-refractivity contribution in [3.05, 3.63) is 64.5 Å². The molecule has 5 heteroatoms. The van der Waals surface area contributed by atoms with E-state index in [0.717, 1.165) is 29.5 Å². The highest BCUT2D eigenvalue weighted by Crippen LogP contribution is 2.29. The summed E-state index contributed by atoms with van der Waals surface area (Å²) in [5.74, 6) is -0.245. The summed E-state index contributed by atoms with van der Waals surface area (Å²) in [6.07, 6.45) is -3.50. The molecule has 2 nitrogen and oxygen atoms in total. The van der Waals surface area contributed by atoms with E-state index in [1.807, 2.05) is 19.9 Å². The Balaban J connectivity index is 2.21. The molecule has 2 aromatic rings. The number of alkyl halides is 3. The van der Waals surface area contributed by atoms with E-state index < -0.39 is 11.7 Å². The summed E-state index contributed by atoms with van der Waals surface area (Å²) in [7, 11) is 0. The van der Waals surface area contributed by atoms with Crippen LogP contribution in [-0.4, -0.2) is 10.8 Å². The zero-order valence-electron chi connectivity index (χ0n) is 11.7. The van der Waals surface area contributed by atoms with Crippen LogP contribution in [0, 0.1) is 13.8 Å². The Morgan fingerprint density at radius 1 is 1.10 bits per heavy atom. The van der Waals surface area contributed by atoms with Crippen LogP contribution in [0.1, 0.15) is 32.7 Å². The fourth-order valence-corrected chi connectivity index (χ4v) is 1.93. The molecule has 110 valence electrons. The smallest absolute Gasteiger partial charge is 0.294 e. The molecule has 21 heavy (non-hydrogen) atoms. The first kappa shape index (κ1) is 15.2. The SMILES string of the molecule is Cc1ccc(C(=O)Cc2cc(C(F)(F)F)ccn2)cc1C. The second-order valence-electron chi connectivity index (χ2n) is 4.93. The molecule has 0 radical (unpaired) electrons. The van der Waals surface area contributed by atoms with Crippen LogP contribution in [0.2, 0.25) is 0 Å². The van der Waals surface area contributed by atoms with Crippen molar-refractivity contribution in [3.63, 3.8) is 0 Å². The molecule has 1 aromatic carbocycles. The van der Waals surface area contributed by atoms with Gasteiger partial charge in [0.2, 0.25) is 0 Å². The number of aromatic nitrogens is 1. The number of carbonyl (C=O) groups is 1. The van der Waals surface area contributed by atoms with Gasteiger partial charge in [0.25, 0.3) is 0 Å². The number of pyridine rings is 1. The molecule has 0 amide bonds. The second kappa shape index (κ2) is 5.68. The fourth-order valence-electron chi connectivity index (χ4n) is 1.93. The summed E-state index contributed by atoms with van der Waals surface area (Å²) in [5, 5.41) is 0. The molecule has 0 spiro atoms. The molecule has 0 unspecified atom stereocenters. The lowest BCUT2D eigenvalue weighted by Gasteiger charge is -2.08. The van der Waals surface area contributed by atoms with Crippen molar-refractivity contribution in [3.8, 4) is 0 Å². The third-order valence-electron chi connectivity index (χ3n) is 3.31. The topological polar surface area (TPSA) is 30.0 Å². The van der Waals surface area contributed by atoms with Gasteiger partial charge in [-0.15, -0.1) is 0 Å². The molecule has 1 heterocycles. The Morgan fingerprint density at radius 2 is 1.81 bits per heavy atom.